The second-order valence-corrected chi connectivity index (χ2v) is 6.79. The Morgan fingerprint density at radius 2 is 1.12 bits per heavy atom. The van der Waals surface area contributed by atoms with Crippen LogP contribution in [-0.4, -0.2) is 31.3 Å². The van der Waals surface area contributed by atoms with Gasteiger partial charge < -0.3 is 5.73 Å². The lowest BCUT2D eigenvalue weighted by molar-refractivity contribution is -0.160. The molecule has 0 aliphatic rings. The Bertz CT molecular complexity index is 218. The van der Waals surface area contributed by atoms with Gasteiger partial charge in [-0.3, -0.25) is 4.84 Å². The zero-order chi connectivity index (χ0) is 17.0. The molecule has 0 radical (unpaired) electrons. The Morgan fingerprint density at radius 1 is 0.625 bits per heavy atom. The summed E-state index contributed by atoms with van der Waals surface area (Å²) in [5.41, 5.74) is 5.57. The second-order valence-electron chi connectivity index (χ2n) is 6.79. The molecule has 0 amide bonds. The minimum atomic E-state index is 0. The molecule has 24 heavy (non-hydrogen) atoms. The number of rotatable bonds is 19. The summed E-state index contributed by atoms with van der Waals surface area (Å²) >= 11 is 0. The van der Waals surface area contributed by atoms with Gasteiger partial charge in [0.2, 0.25) is 0 Å². The lowest BCUT2D eigenvalue weighted by Crippen LogP contribution is -2.28. The van der Waals surface area contributed by atoms with Crippen molar-refractivity contribution in [1.29, 1.82) is 0 Å². The van der Waals surface area contributed by atoms with Gasteiger partial charge in [-0.1, -0.05) is 84.5 Å². The average molecular weight is 409 g/mol. The number of unbranched alkanes of at least 4 members (excludes halogenated alkanes) is 11. The van der Waals surface area contributed by atoms with E-state index in [1.807, 2.05) is 0 Å². The van der Waals surface area contributed by atoms with Crippen molar-refractivity contribution in [2.45, 2.75) is 104 Å². The van der Waals surface area contributed by atoms with Crippen LogP contribution in [0.1, 0.15) is 104 Å². The summed E-state index contributed by atoms with van der Waals surface area (Å²) in [4.78, 5) is 5.85. The van der Waals surface area contributed by atoms with Crippen molar-refractivity contribution in [2.24, 2.45) is 5.73 Å². The molecule has 0 aromatic carbocycles. The van der Waals surface area contributed by atoms with E-state index in [-0.39, 0.29) is 17.0 Å². The van der Waals surface area contributed by atoms with Gasteiger partial charge in [-0.15, -0.1) is 17.0 Å². The fourth-order valence-corrected chi connectivity index (χ4v) is 2.89. The van der Waals surface area contributed by atoms with E-state index in [0.29, 0.717) is 0 Å². The second kappa shape index (κ2) is 23.4. The van der Waals surface area contributed by atoms with Gasteiger partial charge in [0.15, 0.2) is 0 Å². The number of hydroxylamine groups is 2. The van der Waals surface area contributed by atoms with Crippen LogP contribution in [0.5, 0.6) is 0 Å². The Balaban J connectivity index is 0. The fraction of sp³-hybridized carbons (Fsp3) is 1.00. The number of nitrogens with two attached hydrogens (primary N) is 1. The molecule has 0 saturated carbocycles. The highest BCUT2D eigenvalue weighted by molar-refractivity contribution is 8.93. The minimum absolute atomic E-state index is 0. The van der Waals surface area contributed by atoms with Crippen LogP contribution in [0.15, 0.2) is 0 Å². The van der Waals surface area contributed by atoms with Crippen LogP contribution >= 0.6 is 17.0 Å². The molecule has 0 fully saturated rings. The van der Waals surface area contributed by atoms with Gasteiger partial charge >= 0.3 is 0 Å². The van der Waals surface area contributed by atoms with Crippen LogP contribution in [0.25, 0.3) is 0 Å². The third kappa shape index (κ3) is 20.4. The summed E-state index contributed by atoms with van der Waals surface area (Å²) in [6.07, 6.45) is 18.9. The molecule has 3 nitrogen and oxygen atoms in total. The van der Waals surface area contributed by atoms with Crippen LogP contribution < -0.4 is 5.73 Å². The smallest absolute Gasteiger partial charge is 0.0685 e. The van der Waals surface area contributed by atoms with E-state index in [1.54, 1.807) is 0 Å². The topological polar surface area (TPSA) is 38.5 Å². The van der Waals surface area contributed by atoms with Gasteiger partial charge in [0, 0.05) is 13.1 Å². The monoisotopic (exact) mass is 408 g/mol. The number of hydrogen-bond donors (Lipinski definition) is 1. The van der Waals surface area contributed by atoms with Crippen molar-refractivity contribution < 1.29 is 4.84 Å². The predicted octanol–water partition coefficient (Wildman–Crippen LogP) is 6.26. The maximum Gasteiger partial charge on any atom is 0.0685 e. The predicted molar refractivity (Wildman–Crippen MR) is 113 cm³/mol. The van der Waals surface area contributed by atoms with E-state index >= 15 is 0 Å². The molecule has 2 N–H and O–H groups in total. The van der Waals surface area contributed by atoms with E-state index in [2.05, 4.69) is 18.9 Å². The van der Waals surface area contributed by atoms with Gasteiger partial charge in [0.25, 0.3) is 0 Å². The molecule has 0 saturated heterocycles. The van der Waals surface area contributed by atoms with Crippen LogP contribution in [0, 0.1) is 0 Å². The summed E-state index contributed by atoms with van der Waals surface area (Å²) in [6, 6.07) is 0. The van der Waals surface area contributed by atoms with Crippen LogP contribution in [0.2, 0.25) is 0 Å². The van der Waals surface area contributed by atoms with Crippen molar-refractivity contribution >= 4 is 17.0 Å². The maximum atomic E-state index is 5.85. The standard InChI is InChI=1S/C20H44N2O.BrH/c1-3-5-6-7-8-9-10-11-12-13-14-15-20-23-22(18-4-2)19-16-17-21;/h3-21H2,1-2H3;1H. The molecule has 0 atom stereocenters. The van der Waals surface area contributed by atoms with E-state index in [9.17, 15) is 0 Å². The number of nitrogens with zero attached hydrogens (tertiary/aromatic N) is 1. The van der Waals surface area contributed by atoms with Crippen LogP contribution in [0.3, 0.4) is 0 Å². The molecule has 0 rings (SSSR count). The molecule has 0 aliphatic carbocycles. The van der Waals surface area contributed by atoms with Crippen molar-refractivity contribution in [2.75, 3.05) is 26.2 Å². The molecule has 0 aliphatic heterocycles. The minimum Gasteiger partial charge on any atom is -0.330 e. The summed E-state index contributed by atoms with van der Waals surface area (Å²) in [5, 5.41) is 2.10. The van der Waals surface area contributed by atoms with Gasteiger partial charge in [-0.05, 0) is 25.8 Å². The molecule has 0 aromatic heterocycles. The first-order valence-electron chi connectivity index (χ1n) is 10.4. The maximum absolute atomic E-state index is 5.85. The zero-order valence-corrected chi connectivity index (χ0v) is 18.3. The first-order valence-corrected chi connectivity index (χ1v) is 10.4. The molecule has 0 unspecified atom stereocenters. The molecule has 148 valence electrons. The Kier molecular flexibility index (Phi) is 25.9. The van der Waals surface area contributed by atoms with Gasteiger partial charge in [0.1, 0.15) is 0 Å². The van der Waals surface area contributed by atoms with Gasteiger partial charge in [-0.2, -0.15) is 5.06 Å². The van der Waals surface area contributed by atoms with Crippen molar-refractivity contribution in [3.63, 3.8) is 0 Å². The average Bonchev–Trinajstić information content (AvgIpc) is 2.56. The van der Waals surface area contributed by atoms with Gasteiger partial charge in [-0.25, -0.2) is 0 Å². The quantitative estimate of drug-likeness (QED) is 0.202. The highest BCUT2D eigenvalue weighted by Crippen LogP contribution is 2.12. The summed E-state index contributed by atoms with van der Waals surface area (Å²) < 4.78 is 0. The normalized spacial score (nSPS) is 11.0. The third-order valence-corrected chi connectivity index (χ3v) is 4.36. The van der Waals surface area contributed by atoms with E-state index in [0.717, 1.165) is 39.1 Å². The molecule has 0 bridgehead atoms. The highest BCUT2D eigenvalue weighted by Gasteiger charge is 2.03. The Hall–Kier alpha value is 0.360. The Morgan fingerprint density at radius 3 is 1.58 bits per heavy atom. The number of hydrogen-bond acceptors (Lipinski definition) is 3. The summed E-state index contributed by atoms with van der Waals surface area (Å²) in [6.45, 7) is 8.11. The van der Waals surface area contributed by atoms with E-state index in [4.69, 9.17) is 10.6 Å². The molecular weight excluding hydrogens is 364 g/mol. The van der Waals surface area contributed by atoms with E-state index in [1.165, 1.54) is 77.0 Å². The van der Waals surface area contributed by atoms with E-state index < -0.39 is 0 Å². The van der Waals surface area contributed by atoms with Crippen molar-refractivity contribution in [3.05, 3.63) is 0 Å². The molecule has 0 aromatic rings. The number of halogens is 1. The summed E-state index contributed by atoms with van der Waals surface area (Å²) in [7, 11) is 0. The van der Waals surface area contributed by atoms with Crippen molar-refractivity contribution in [1.82, 2.24) is 5.06 Å². The van der Waals surface area contributed by atoms with Gasteiger partial charge in [0.05, 0.1) is 6.61 Å². The first kappa shape index (κ1) is 26.6. The molecule has 4 heteroatoms. The van der Waals surface area contributed by atoms with Crippen molar-refractivity contribution in [3.8, 4) is 0 Å². The third-order valence-electron chi connectivity index (χ3n) is 4.36. The lowest BCUT2D eigenvalue weighted by Gasteiger charge is -2.20. The first-order chi connectivity index (χ1) is 11.3. The largest absolute Gasteiger partial charge is 0.330 e. The molecule has 0 spiro atoms. The SMILES string of the molecule is Br.CCCCCCCCCCCCCCON(CCC)CCCN. The lowest BCUT2D eigenvalue weighted by atomic mass is 10.1. The zero-order valence-electron chi connectivity index (χ0n) is 16.6. The van der Waals surface area contributed by atoms with Crippen LogP contribution in [0.4, 0.5) is 0 Å². The Labute approximate surface area is 162 Å². The van der Waals surface area contributed by atoms with Crippen LogP contribution in [-0.2, 0) is 4.84 Å². The molecule has 0 heterocycles. The highest BCUT2D eigenvalue weighted by atomic mass is 79.9. The summed E-state index contributed by atoms with van der Waals surface area (Å²) in [5.74, 6) is 0. The fourth-order valence-electron chi connectivity index (χ4n) is 2.89. The molecular formula is C20H45BrN2O.